The van der Waals surface area contributed by atoms with E-state index in [1.807, 2.05) is 67.2 Å². The third-order valence-electron chi connectivity index (χ3n) is 1.97. The lowest BCUT2D eigenvalue weighted by molar-refractivity contribution is 1.09. The number of anilines is 1. The van der Waals surface area contributed by atoms with Gasteiger partial charge in [-0.2, -0.15) is 0 Å². The van der Waals surface area contributed by atoms with Gasteiger partial charge in [0.25, 0.3) is 0 Å². The van der Waals surface area contributed by atoms with Crippen molar-refractivity contribution in [2.75, 3.05) is 19.0 Å². The van der Waals surface area contributed by atoms with E-state index in [1.165, 1.54) is 0 Å². The van der Waals surface area contributed by atoms with Crippen LogP contribution < -0.4 is 4.90 Å². The second-order valence-electron chi connectivity index (χ2n) is 3.38. The van der Waals surface area contributed by atoms with Crippen molar-refractivity contribution in [2.45, 2.75) is 48.0 Å². The van der Waals surface area contributed by atoms with E-state index in [0.717, 1.165) is 23.5 Å². The molecular weight excluding hydrogens is 222 g/mol. The topological polar surface area (TPSA) is 28.5 Å². The third-order valence-corrected chi connectivity index (χ3v) is 1.97. The zero-order chi connectivity index (χ0) is 14.6. The maximum atomic E-state index is 4.42. The number of pyridine rings is 1. The normalized spacial score (nSPS) is 9.11. The van der Waals surface area contributed by atoms with Gasteiger partial charge in [-0.3, -0.25) is 9.98 Å². The first-order chi connectivity index (χ1) is 8.66. The molecule has 0 fully saturated rings. The lowest BCUT2D eigenvalue weighted by atomic mass is 10.2. The van der Waals surface area contributed by atoms with E-state index >= 15 is 0 Å². The summed E-state index contributed by atoms with van der Waals surface area (Å²) >= 11 is 0. The number of rotatable bonds is 3. The van der Waals surface area contributed by atoms with Gasteiger partial charge in [-0.15, -0.1) is 0 Å². The van der Waals surface area contributed by atoms with Gasteiger partial charge in [0.05, 0.1) is 11.4 Å². The van der Waals surface area contributed by atoms with Crippen LogP contribution in [0, 0.1) is 6.92 Å². The van der Waals surface area contributed by atoms with Crippen LogP contribution in [-0.4, -0.2) is 25.3 Å². The van der Waals surface area contributed by atoms with Crippen LogP contribution in [0.25, 0.3) is 0 Å². The first-order valence-corrected chi connectivity index (χ1v) is 6.82. The van der Waals surface area contributed by atoms with Crippen LogP contribution in [0.2, 0.25) is 0 Å². The minimum atomic E-state index is 0.946. The van der Waals surface area contributed by atoms with E-state index in [0.29, 0.717) is 0 Å². The molecule has 0 saturated heterocycles. The van der Waals surface area contributed by atoms with Crippen LogP contribution in [0.3, 0.4) is 0 Å². The minimum Gasteiger partial charge on any atom is -0.376 e. The number of aryl methyl sites for hydroxylation is 1. The molecule has 0 aliphatic rings. The summed E-state index contributed by atoms with van der Waals surface area (Å²) in [4.78, 5) is 10.7. The first-order valence-electron chi connectivity index (χ1n) is 6.82. The van der Waals surface area contributed by atoms with E-state index in [4.69, 9.17) is 0 Å². The second kappa shape index (κ2) is 12.1. The molecule has 0 saturated carbocycles. The highest BCUT2D eigenvalue weighted by Gasteiger charge is 2.05. The second-order valence-corrected chi connectivity index (χ2v) is 3.38. The molecule has 0 aliphatic carbocycles. The Hall–Kier alpha value is -1.38. The molecular formula is C15H29N3. The number of hydrogen-bond donors (Lipinski definition) is 0. The highest BCUT2D eigenvalue weighted by Crippen LogP contribution is 2.28. The molecule has 18 heavy (non-hydrogen) atoms. The fourth-order valence-corrected chi connectivity index (χ4v) is 1.25. The van der Waals surface area contributed by atoms with Crippen molar-refractivity contribution in [3.63, 3.8) is 0 Å². The van der Waals surface area contributed by atoms with Crippen molar-refractivity contribution in [1.82, 2.24) is 4.98 Å². The molecule has 0 unspecified atom stereocenters. The van der Waals surface area contributed by atoms with Gasteiger partial charge in [-0.25, -0.2) is 0 Å². The Morgan fingerprint density at radius 2 is 1.78 bits per heavy atom. The van der Waals surface area contributed by atoms with Crippen molar-refractivity contribution >= 4 is 17.6 Å². The van der Waals surface area contributed by atoms with Crippen LogP contribution in [-0.2, 0) is 0 Å². The van der Waals surface area contributed by atoms with Crippen molar-refractivity contribution < 1.29 is 0 Å². The fourth-order valence-electron chi connectivity index (χ4n) is 1.25. The number of aliphatic imine (C=N–C) groups is 1. The number of hydrogen-bond acceptors (Lipinski definition) is 3. The molecule has 0 atom stereocenters. The number of nitrogens with zero attached hydrogens (tertiary/aromatic N) is 3. The van der Waals surface area contributed by atoms with Crippen LogP contribution in [0.4, 0.5) is 11.4 Å². The van der Waals surface area contributed by atoms with Crippen molar-refractivity contribution in [3.05, 3.63) is 18.0 Å². The minimum absolute atomic E-state index is 0.946. The predicted molar refractivity (Wildman–Crippen MR) is 84.4 cm³/mol. The smallest absolute Gasteiger partial charge is 0.107 e. The van der Waals surface area contributed by atoms with Gasteiger partial charge < -0.3 is 4.90 Å². The van der Waals surface area contributed by atoms with E-state index in [2.05, 4.69) is 21.8 Å². The lowest BCUT2D eigenvalue weighted by Crippen LogP contribution is -2.09. The fraction of sp³-hybridized carbons (Fsp3) is 0.600. The van der Waals surface area contributed by atoms with E-state index in [9.17, 15) is 0 Å². The van der Waals surface area contributed by atoms with Gasteiger partial charge in [0.15, 0.2) is 0 Å². The maximum absolute atomic E-state index is 4.42. The quantitative estimate of drug-likeness (QED) is 0.733. The third kappa shape index (κ3) is 6.38. The summed E-state index contributed by atoms with van der Waals surface area (Å²) in [6.45, 7) is 12.1. The van der Waals surface area contributed by atoms with Gasteiger partial charge in [0, 0.05) is 26.5 Å². The zero-order valence-corrected chi connectivity index (χ0v) is 13.3. The Labute approximate surface area is 113 Å². The Balaban J connectivity index is 0. The molecule has 0 spiro atoms. The average molecular weight is 251 g/mol. The lowest BCUT2D eigenvalue weighted by Gasteiger charge is -2.15. The highest BCUT2D eigenvalue weighted by atomic mass is 15.1. The Morgan fingerprint density at radius 1 is 1.22 bits per heavy atom. The molecule has 3 nitrogen and oxygen atoms in total. The summed E-state index contributed by atoms with van der Waals surface area (Å²) in [5.74, 6) is 0. The molecule has 1 heterocycles. The Kier molecular flexibility index (Phi) is 12.7. The summed E-state index contributed by atoms with van der Waals surface area (Å²) in [5, 5.41) is 0. The molecule has 0 aromatic carbocycles. The van der Waals surface area contributed by atoms with Crippen LogP contribution in [0.15, 0.2) is 17.3 Å². The summed E-state index contributed by atoms with van der Waals surface area (Å²) in [6, 6.07) is 1.98. The molecule has 3 heteroatoms. The largest absolute Gasteiger partial charge is 0.376 e. The van der Waals surface area contributed by atoms with Crippen molar-refractivity contribution in [3.8, 4) is 0 Å². The molecule has 104 valence electrons. The van der Waals surface area contributed by atoms with Gasteiger partial charge in [0.1, 0.15) is 5.69 Å². The molecule has 0 aliphatic heterocycles. The van der Waals surface area contributed by atoms with Crippen molar-refractivity contribution in [2.24, 2.45) is 4.99 Å². The zero-order valence-electron chi connectivity index (χ0n) is 13.3. The summed E-state index contributed by atoms with van der Waals surface area (Å²) < 4.78 is 0. The molecule has 0 amide bonds. The first kappa shape index (κ1) is 19.0. The molecule has 0 N–H and O–H groups in total. The average Bonchev–Trinajstić information content (AvgIpc) is 2.41. The molecule has 0 bridgehead atoms. The van der Waals surface area contributed by atoms with E-state index < -0.39 is 0 Å². The summed E-state index contributed by atoms with van der Waals surface area (Å²) in [6.07, 6.45) is 4.67. The van der Waals surface area contributed by atoms with E-state index in [-0.39, 0.29) is 0 Å². The summed E-state index contributed by atoms with van der Waals surface area (Å²) in [7, 11) is 4.03. The maximum Gasteiger partial charge on any atom is 0.107 e. The van der Waals surface area contributed by atoms with Gasteiger partial charge >= 0.3 is 0 Å². The highest BCUT2D eigenvalue weighted by molar-refractivity contribution is 5.74. The van der Waals surface area contributed by atoms with Gasteiger partial charge in [-0.05, 0) is 19.4 Å². The van der Waals surface area contributed by atoms with Crippen molar-refractivity contribution in [1.29, 1.82) is 0 Å². The van der Waals surface area contributed by atoms with Crippen LogP contribution in [0.1, 0.15) is 46.7 Å². The monoisotopic (exact) mass is 251 g/mol. The number of aromatic nitrogens is 1. The molecule has 1 aromatic rings. The molecule has 1 aromatic heterocycles. The Morgan fingerprint density at radius 3 is 2.22 bits per heavy atom. The van der Waals surface area contributed by atoms with Gasteiger partial charge in [-0.1, -0.05) is 34.6 Å². The summed E-state index contributed by atoms with van der Waals surface area (Å²) in [5.41, 5.74) is 3.06. The van der Waals surface area contributed by atoms with Crippen LogP contribution in [0.5, 0.6) is 0 Å². The molecule has 0 radical (unpaired) electrons. The Bertz CT molecular complexity index is 331. The SMILES string of the molecule is CC.CC.CCC=Nc1c(N(C)C)ccnc1C. The van der Waals surface area contributed by atoms with Crippen LogP contribution >= 0.6 is 0 Å². The standard InChI is InChI=1S/C11H17N3.2C2H6/c1-5-7-13-11-9(2)12-8-6-10(11)14(3)4;2*1-2/h6-8H,5H2,1-4H3;2*1-2H3. The van der Waals surface area contributed by atoms with E-state index in [1.54, 1.807) is 0 Å². The molecule has 1 rings (SSSR count). The predicted octanol–water partition coefficient (Wildman–Crippen LogP) is 4.62. The van der Waals surface area contributed by atoms with Gasteiger partial charge in [0.2, 0.25) is 0 Å².